The number of benzene rings is 1. The van der Waals surface area contributed by atoms with Crippen LogP contribution in [0, 0.1) is 13.8 Å². The van der Waals surface area contributed by atoms with Crippen molar-refractivity contribution in [2.24, 2.45) is 0 Å². The normalized spacial score (nSPS) is 18.7. The van der Waals surface area contributed by atoms with Gasteiger partial charge in [0.25, 0.3) is 0 Å². The molecule has 4 rings (SSSR count). The highest BCUT2D eigenvalue weighted by Crippen LogP contribution is 2.20. The average molecular weight is 414 g/mol. The van der Waals surface area contributed by atoms with Gasteiger partial charge in [-0.1, -0.05) is 5.16 Å². The van der Waals surface area contributed by atoms with Crippen LogP contribution in [0.1, 0.15) is 17.0 Å². The van der Waals surface area contributed by atoms with Crippen LogP contribution in [-0.4, -0.2) is 89.8 Å². The van der Waals surface area contributed by atoms with Gasteiger partial charge in [0.1, 0.15) is 11.5 Å². The van der Waals surface area contributed by atoms with E-state index in [2.05, 4.69) is 19.9 Å². The van der Waals surface area contributed by atoms with Gasteiger partial charge in [-0.05, 0) is 38.1 Å². The summed E-state index contributed by atoms with van der Waals surface area (Å²) in [6, 6.07) is 7.32. The molecule has 2 fully saturated rings. The van der Waals surface area contributed by atoms with Gasteiger partial charge in [0.15, 0.2) is 0 Å². The minimum Gasteiger partial charge on any atom is -0.508 e. The van der Waals surface area contributed by atoms with Crippen LogP contribution in [-0.2, 0) is 11.3 Å². The van der Waals surface area contributed by atoms with Crippen molar-refractivity contribution in [3.8, 4) is 5.75 Å². The first kappa shape index (κ1) is 20.7. The number of rotatable bonds is 5. The van der Waals surface area contributed by atoms with E-state index < -0.39 is 0 Å². The fourth-order valence-electron chi connectivity index (χ4n) is 4.23. The molecule has 0 radical (unpaired) electrons. The highest BCUT2D eigenvalue weighted by molar-refractivity contribution is 5.78. The SMILES string of the molecule is Cc1noc(C)c1CN1CCN(C(=O)CN2CCN(c3ccc(O)cc3)CC2)CC1. The Morgan fingerprint density at radius 2 is 1.60 bits per heavy atom. The van der Waals surface area contributed by atoms with E-state index in [1.54, 1.807) is 12.1 Å². The fourth-order valence-corrected chi connectivity index (χ4v) is 4.23. The first-order valence-corrected chi connectivity index (χ1v) is 10.7. The first-order valence-electron chi connectivity index (χ1n) is 10.7. The van der Waals surface area contributed by atoms with E-state index in [4.69, 9.17) is 4.52 Å². The van der Waals surface area contributed by atoms with Crippen LogP contribution in [0.25, 0.3) is 0 Å². The number of phenols is 1. The Kier molecular flexibility index (Phi) is 6.24. The number of aryl methyl sites for hydroxylation is 2. The summed E-state index contributed by atoms with van der Waals surface area (Å²) in [5.74, 6) is 1.40. The third-order valence-electron chi connectivity index (χ3n) is 6.23. The van der Waals surface area contributed by atoms with Gasteiger partial charge in [0, 0.05) is 70.2 Å². The lowest BCUT2D eigenvalue weighted by Gasteiger charge is -2.38. The zero-order valence-corrected chi connectivity index (χ0v) is 17.9. The number of hydrogen-bond donors (Lipinski definition) is 1. The molecule has 0 spiro atoms. The molecule has 1 amide bonds. The third kappa shape index (κ3) is 4.76. The Bertz CT molecular complexity index is 831. The molecule has 0 saturated carbocycles. The van der Waals surface area contributed by atoms with Crippen LogP contribution in [0.4, 0.5) is 5.69 Å². The maximum atomic E-state index is 12.8. The van der Waals surface area contributed by atoms with Crippen LogP contribution in [0.3, 0.4) is 0 Å². The van der Waals surface area contributed by atoms with Crippen LogP contribution in [0.5, 0.6) is 5.75 Å². The van der Waals surface area contributed by atoms with E-state index in [0.29, 0.717) is 6.54 Å². The predicted molar refractivity (Wildman–Crippen MR) is 115 cm³/mol. The number of carbonyl (C=O) groups is 1. The standard InChI is InChI=1S/C22H31N5O3/c1-17-21(18(2)30-23-17)15-24-9-13-27(14-10-24)22(29)16-25-7-11-26(12-8-25)19-3-5-20(28)6-4-19/h3-6,28H,7-16H2,1-2H3. The van der Waals surface area contributed by atoms with E-state index in [0.717, 1.165) is 76.0 Å². The van der Waals surface area contributed by atoms with Crippen LogP contribution in [0.2, 0.25) is 0 Å². The largest absolute Gasteiger partial charge is 0.508 e. The molecule has 1 aromatic heterocycles. The molecule has 0 unspecified atom stereocenters. The van der Waals surface area contributed by atoms with Crippen molar-refractivity contribution in [2.75, 3.05) is 63.8 Å². The molecule has 162 valence electrons. The second-order valence-corrected chi connectivity index (χ2v) is 8.24. The second kappa shape index (κ2) is 9.06. The molecule has 2 aliphatic heterocycles. The molecule has 8 heteroatoms. The highest BCUT2D eigenvalue weighted by Gasteiger charge is 2.25. The van der Waals surface area contributed by atoms with Gasteiger partial charge in [-0.2, -0.15) is 0 Å². The Hall–Kier alpha value is -2.58. The van der Waals surface area contributed by atoms with Gasteiger partial charge >= 0.3 is 0 Å². The molecular formula is C22H31N5O3. The molecule has 2 aliphatic rings. The van der Waals surface area contributed by atoms with Crippen molar-refractivity contribution >= 4 is 11.6 Å². The molecule has 30 heavy (non-hydrogen) atoms. The molecule has 0 atom stereocenters. The van der Waals surface area contributed by atoms with Crippen molar-refractivity contribution in [2.45, 2.75) is 20.4 Å². The summed E-state index contributed by atoms with van der Waals surface area (Å²) < 4.78 is 5.26. The van der Waals surface area contributed by atoms with Gasteiger partial charge in [-0.15, -0.1) is 0 Å². The van der Waals surface area contributed by atoms with Crippen molar-refractivity contribution in [1.82, 2.24) is 19.9 Å². The maximum absolute atomic E-state index is 12.8. The van der Waals surface area contributed by atoms with Gasteiger partial charge in [-0.3, -0.25) is 14.6 Å². The summed E-state index contributed by atoms with van der Waals surface area (Å²) in [6.07, 6.45) is 0. The monoisotopic (exact) mass is 413 g/mol. The third-order valence-corrected chi connectivity index (χ3v) is 6.23. The summed E-state index contributed by atoms with van der Waals surface area (Å²) >= 11 is 0. The molecule has 0 bridgehead atoms. The average Bonchev–Trinajstić information content (AvgIpc) is 3.07. The van der Waals surface area contributed by atoms with Crippen molar-refractivity contribution < 1.29 is 14.4 Å². The zero-order chi connectivity index (χ0) is 21.1. The molecule has 2 saturated heterocycles. The van der Waals surface area contributed by atoms with Crippen LogP contribution >= 0.6 is 0 Å². The summed E-state index contributed by atoms with van der Waals surface area (Å²) in [5.41, 5.74) is 3.24. The van der Waals surface area contributed by atoms with E-state index in [1.165, 1.54) is 5.56 Å². The molecule has 8 nitrogen and oxygen atoms in total. The van der Waals surface area contributed by atoms with E-state index in [-0.39, 0.29) is 11.7 Å². The minimum atomic E-state index is 0.227. The molecular weight excluding hydrogens is 382 g/mol. The summed E-state index contributed by atoms with van der Waals surface area (Å²) in [6.45, 7) is 12.1. The molecule has 3 heterocycles. The topological polar surface area (TPSA) is 76.3 Å². The van der Waals surface area contributed by atoms with Crippen molar-refractivity contribution in [1.29, 1.82) is 0 Å². The predicted octanol–water partition coefficient (Wildman–Crippen LogP) is 1.46. The van der Waals surface area contributed by atoms with Crippen LogP contribution in [0.15, 0.2) is 28.8 Å². The number of carbonyl (C=O) groups excluding carboxylic acids is 1. The molecule has 1 aromatic carbocycles. The number of anilines is 1. The summed E-state index contributed by atoms with van der Waals surface area (Å²) in [7, 11) is 0. The first-order chi connectivity index (χ1) is 14.5. The second-order valence-electron chi connectivity index (χ2n) is 8.24. The Morgan fingerprint density at radius 3 is 2.20 bits per heavy atom. The Morgan fingerprint density at radius 1 is 0.967 bits per heavy atom. The van der Waals surface area contributed by atoms with E-state index in [9.17, 15) is 9.90 Å². The number of hydrogen-bond acceptors (Lipinski definition) is 7. The van der Waals surface area contributed by atoms with E-state index in [1.807, 2.05) is 30.9 Å². The minimum absolute atomic E-state index is 0.227. The number of aromatic nitrogens is 1. The Balaban J connectivity index is 1.20. The fraction of sp³-hybridized carbons (Fsp3) is 0.545. The molecule has 1 N–H and O–H groups in total. The van der Waals surface area contributed by atoms with Gasteiger partial charge in [0.05, 0.1) is 12.2 Å². The number of phenolic OH excluding ortho intramolecular Hbond substituents is 1. The number of amides is 1. The lowest BCUT2D eigenvalue weighted by molar-refractivity contribution is -0.134. The van der Waals surface area contributed by atoms with Gasteiger partial charge < -0.3 is 19.4 Å². The quantitative estimate of drug-likeness (QED) is 0.795. The number of nitrogens with zero attached hydrogens (tertiary/aromatic N) is 5. The Labute approximate surface area is 177 Å². The van der Waals surface area contributed by atoms with Crippen LogP contribution < -0.4 is 4.90 Å². The molecule has 0 aliphatic carbocycles. The molecule has 2 aromatic rings. The lowest BCUT2D eigenvalue weighted by Crippen LogP contribution is -2.53. The van der Waals surface area contributed by atoms with E-state index >= 15 is 0 Å². The van der Waals surface area contributed by atoms with Crippen molar-refractivity contribution in [3.05, 3.63) is 41.3 Å². The number of aromatic hydroxyl groups is 1. The number of piperazine rings is 2. The summed E-state index contributed by atoms with van der Waals surface area (Å²) in [4.78, 5) is 21.7. The summed E-state index contributed by atoms with van der Waals surface area (Å²) in [5, 5.41) is 13.5. The highest BCUT2D eigenvalue weighted by atomic mass is 16.5. The van der Waals surface area contributed by atoms with Gasteiger partial charge in [-0.25, -0.2) is 0 Å². The lowest BCUT2D eigenvalue weighted by atomic mass is 10.1. The van der Waals surface area contributed by atoms with Crippen molar-refractivity contribution in [3.63, 3.8) is 0 Å². The zero-order valence-electron chi connectivity index (χ0n) is 17.9. The smallest absolute Gasteiger partial charge is 0.236 e. The van der Waals surface area contributed by atoms with Gasteiger partial charge in [0.2, 0.25) is 5.91 Å². The maximum Gasteiger partial charge on any atom is 0.236 e.